The van der Waals surface area contributed by atoms with Crippen LogP contribution < -0.4 is 10.2 Å². The Hall–Kier alpha value is -4.37. The molecular formula is C32H38N2O7. The van der Waals surface area contributed by atoms with Crippen LogP contribution in [-0.2, 0) is 38.5 Å². The molecule has 3 rings (SSSR count). The van der Waals surface area contributed by atoms with E-state index in [-0.39, 0.29) is 19.4 Å². The first-order valence-corrected chi connectivity index (χ1v) is 13.5. The molecule has 0 bridgehead atoms. The summed E-state index contributed by atoms with van der Waals surface area (Å²) in [5.74, 6) is -1.40. The number of hydrazine groups is 1. The molecule has 0 fully saturated rings. The van der Waals surface area contributed by atoms with E-state index in [9.17, 15) is 19.5 Å². The normalized spacial score (nSPS) is 12.6. The molecule has 3 aromatic rings. The summed E-state index contributed by atoms with van der Waals surface area (Å²) in [5.41, 5.74) is 4.22. The number of carbonyl (C=O) groups is 3. The van der Waals surface area contributed by atoms with E-state index in [1.165, 1.54) is 0 Å². The summed E-state index contributed by atoms with van der Waals surface area (Å²) in [6, 6.07) is 23.3. The highest BCUT2D eigenvalue weighted by Crippen LogP contribution is 2.22. The van der Waals surface area contributed by atoms with Crippen LogP contribution in [0.3, 0.4) is 0 Å². The molecule has 2 N–H and O–H groups in total. The third-order valence-corrected chi connectivity index (χ3v) is 5.96. The SMILES string of the molecule is CCOC(=O)[C@H](Cc1ccccc1)N(N[C@@H](Cc1ccccc1OCc1ccccc1)C(=O)O)C(=O)OC(C)(C)C. The minimum absolute atomic E-state index is 0.0412. The highest BCUT2D eigenvalue weighted by Gasteiger charge is 2.37. The van der Waals surface area contributed by atoms with E-state index in [0.717, 1.165) is 16.1 Å². The molecule has 1 amide bonds. The second-order valence-electron chi connectivity index (χ2n) is 10.4. The van der Waals surface area contributed by atoms with E-state index in [0.29, 0.717) is 17.9 Å². The Bertz CT molecular complexity index is 1280. The maximum Gasteiger partial charge on any atom is 0.425 e. The van der Waals surface area contributed by atoms with Gasteiger partial charge in [-0.05, 0) is 50.5 Å². The second-order valence-corrected chi connectivity index (χ2v) is 10.4. The predicted molar refractivity (Wildman–Crippen MR) is 154 cm³/mol. The van der Waals surface area contributed by atoms with Crippen molar-refractivity contribution in [3.63, 3.8) is 0 Å². The Morgan fingerprint density at radius 1 is 0.854 bits per heavy atom. The van der Waals surface area contributed by atoms with Gasteiger partial charge in [0.15, 0.2) is 6.04 Å². The zero-order valence-corrected chi connectivity index (χ0v) is 23.9. The highest BCUT2D eigenvalue weighted by atomic mass is 16.6. The summed E-state index contributed by atoms with van der Waals surface area (Å²) >= 11 is 0. The number of hydrogen-bond acceptors (Lipinski definition) is 7. The van der Waals surface area contributed by atoms with E-state index in [4.69, 9.17) is 14.2 Å². The Morgan fingerprint density at radius 2 is 1.44 bits per heavy atom. The molecule has 0 saturated carbocycles. The molecule has 9 heteroatoms. The number of para-hydroxylation sites is 1. The van der Waals surface area contributed by atoms with Crippen molar-refractivity contribution in [3.05, 3.63) is 102 Å². The Kier molecular flexibility index (Phi) is 11.3. The quantitative estimate of drug-likeness (QED) is 0.216. The zero-order valence-electron chi connectivity index (χ0n) is 23.9. The fourth-order valence-corrected chi connectivity index (χ4v) is 4.06. The van der Waals surface area contributed by atoms with Gasteiger partial charge in [0.1, 0.15) is 24.0 Å². The molecule has 41 heavy (non-hydrogen) atoms. The molecule has 2 atom stereocenters. The average molecular weight is 563 g/mol. The molecule has 0 heterocycles. The van der Waals surface area contributed by atoms with Gasteiger partial charge in [-0.3, -0.25) is 4.79 Å². The van der Waals surface area contributed by atoms with Gasteiger partial charge in [0.25, 0.3) is 0 Å². The Labute approximate surface area is 241 Å². The van der Waals surface area contributed by atoms with Crippen molar-refractivity contribution < 1.29 is 33.7 Å². The second kappa shape index (κ2) is 14.9. The molecule has 0 aliphatic carbocycles. The number of carboxylic acids is 1. The summed E-state index contributed by atoms with van der Waals surface area (Å²) in [5, 5.41) is 11.2. The van der Waals surface area contributed by atoms with Gasteiger partial charge in [-0.1, -0.05) is 78.9 Å². The first-order valence-electron chi connectivity index (χ1n) is 13.5. The molecule has 0 radical (unpaired) electrons. The summed E-state index contributed by atoms with van der Waals surface area (Å²) in [6.45, 7) is 7.11. The lowest BCUT2D eigenvalue weighted by molar-refractivity contribution is -0.153. The number of nitrogens with zero attached hydrogens (tertiary/aromatic N) is 1. The lowest BCUT2D eigenvalue weighted by atomic mass is 10.0. The number of rotatable bonds is 13. The number of ether oxygens (including phenoxy) is 3. The number of carboxylic acid groups (broad SMARTS) is 1. The molecule has 0 aliphatic heterocycles. The summed E-state index contributed by atoms with van der Waals surface area (Å²) < 4.78 is 16.9. The zero-order chi connectivity index (χ0) is 29.8. The fourth-order valence-electron chi connectivity index (χ4n) is 4.06. The van der Waals surface area contributed by atoms with E-state index in [1.807, 2.05) is 60.7 Å². The van der Waals surface area contributed by atoms with Gasteiger partial charge in [0, 0.05) is 12.8 Å². The molecule has 0 aliphatic rings. The van der Waals surface area contributed by atoms with Crippen LogP contribution in [-0.4, -0.2) is 52.4 Å². The number of esters is 1. The number of aliphatic carboxylic acids is 1. The predicted octanol–water partition coefficient (Wildman–Crippen LogP) is 5.18. The number of nitrogens with one attached hydrogen (secondary N) is 1. The van der Waals surface area contributed by atoms with Crippen LogP contribution in [0.25, 0.3) is 0 Å². The highest BCUT2D eigenvalue weighted by molar-refractivity contribution is 5.82. The third-order valence-electron chi connectivity index (χ3n) is 5.96. The lowest BCUT2D eigenvalue weighted by Crippen LogP contribution is -2.60. The van der Waals surface area contributed by atoms with Crippen molar-refractivity contribution in [2.24, 2.45) is 0 Å². The third kappa shape index (κ3) is 9.95. The maximum absolute atomic E-state index is 13.5. The molecule has 218 valence electrons. The van der Waals surface area contributed by atoms with Crippen molar-refractivity contribution >= 4 is 18.0 Å². The van der Waals surface area contributed by atoms with Crippen LogP contribution in [0.15, 0.2) is 84.9 Å². The number of hydrogen-bond donors (Lipinski definition) is 2. The van der Waals surface area contributed by atoms with Gasteiger partial charge in [-0.25, -0.2) is 20.0 Å². The monoisotopic (exact) mass is 562 g/mol. The standard InChI is InChI=1S/C32H38N2O7/c1-5-39-30(37)27(20-23-14-8-6-9-15-23)34(31(38)41-32(2,3)4)33-26(29(35)36)21-25-18-12-13-19-28(25)40-22-24-16-10-7-11-17-24/h6-19,26-27,33H,5,20-22H2,1-4H3,(H,35,36)/t26-,27-/m0/s1. The van der Waals surface area contributed by atoms with Gasteiger partial charge in [0.05, 0.1) is 6.61 Å². The first kappa shape index (κ1) is 31.2. The molecule has 0 unspecified atom stereocenters. The molecule has 0 spiro atoms. The van der Waals surface area contributed by atoms with Gasteiger partial charge < -0.3 is 19.3 Å². The van der Waals surface area contributed by atoms with E-state index < -0.39 is 35.7 Å². The van der Waals surface area contributed by atoms with Crippen molar-refractivity contribution in [2.45, 2.75) is 64.8 Å². The smallest absolute Gasteiger partial charge is 0.425 e. The van der Waals surface area contributed by atoms with Crippen LogP contribution in [0.5, 0.6) is 5.75 Å². The first-order chi connectivity index (χ1) is 19.6. The van der Waals surface area contributed by atoms with E-state index in [2.05, 4.69) is 5.43 Å². The van der Waals surface area contributed by atoms with Crippen LogP contribution in [0, 0.1) is 0 Å². The largest absolute Gasteiger partial charge is 0.489 e. The van der Waals surface area contributed by atoms with Crippen LogP contribution in [0.4, 0.5) is 4.79 Å². The maximum atomic E-state index is 13.5. The molecule has 0 saturated heterocycles. The van der Waals surface area contributed by atoms with Crippen molar-refractivity contribution in [2.75, 3.05) is 6.61 Å². The van der Waals surface area contributed by atoms with Gasteiger partial charge >= 0.3 is 18.0 Å². The van der Waals surface area contributed by atoms with Crippen molar-refractivity contribution in [3.8, 4) is 5.75 Å². The number of benzene rings is 3. The van der Waals surface area contributed by atoms with Crippen LogP contribution >= 0.6 is 0 Å². The van der Waals surface area contributed by atoms with Crippen LogP contribution in [0.2, 0.25) is 0 Å². The Balaban J connectivity index is 1.92. The fraction of sp³-hybridized carbons (Fsp3) is 0.344. The van der Waals surface area contributed by atoms with Gasteiger partial charge in [-0.15, -0.1) is 0 Å². The van der Waals surface area contributed by atoms with Crippen LogP contribution in [0.1, 0.15) is 44.4 Å². The van der Waals surface area contributed by atoms with Gasteiger partial charge in [0.2, 0.25) is 0 Å². The van der Waals surface area contributed by atoms with E-state index in [1.54, 1.807) is 52.0 Å². The minimum atomic E-state index is -1.31. The minimum Gasteiger partial charge on any atom is -0.489 e. The lowest BCUT2D eigenvalue weighted by Gasteiger charge is -2.34. The average Bonchev–Trinajstić information content (AvgIpc) is 2.93. The molecular weight excluding hydrogens is 524 g/mol. The molecule has 3 aromatic carbocycles. The summed E-state index contributed by atoms with van der Waals surface area (Å²) in [4.78, 5) is 39.1. The number of carbonyl (C=O) groups excluding carboxylic acids is 2. The van der Waals surface area contributed by atoms with Crippen molar-refractivity contribution in [1.29, 1.82) is 0 Å². The topological polar surface area (TPSA) is 114 Å². The summed E-state index contributed by atoms with van der Waals surface area (Å²) in [6.07, 6.45) is -0.860. The number of amides is 1. The van der Waals surface area contributed by atoms with Gasteiger partial charge in [-0.2, -0.15) is 0 Å². The molecule has 9 nitrogen and oxygen atoms in total. The molecule has 0 aromatic heterocycles. The van der Waals surface area contributed by atoms with Crippen molar-refractivity contribution in [1.82, 2.24) is 10.4 Å². The Morgan fingerprint density at radius 3 is 2.02 bits per heavy atom. The summed E-state index contributed by atoms with van der Waals surface area (Å²) in [7, 11) is 0. The van der Waals surface area contributed by atoms with E-state index >= 15 is 0 Å².